The second-order valence-corrected chi connectivity index (χ2v) is 5.83. The van der Waals surface area contributed by atoms with E-state index in [1.807, 2.05) is 41.3 Å². The molecule has 0 bridgehead atoms. The fourth-order valence-electron chi connectivity index (χ4n) is 3.02. The lowest BCUT2D eigenvalue weighted by atomic mass is 10.0. The van der Waals surface area contributed by atoms with Gasteiger partial charge in [0.25, 0.3) is 0 Å². The number of aromatic amines is 1. The minimum absolute atomic E-state index is 0.148. The number of rotatable bonds is 4. The number of aromatic nitrogens is 5. The third-order valence-corrected chi connectivity index (χ3v) is 4.26. The van der Waals surface area contributed by atoms with Crippen LogP contribution in [0.4, 0.5) is 0 Å². The van der Waals surface area contributed by atoms with E-state index in [4.69, 9.17) is 11.7 Å². The maximum Gasteiger partial charge on any atom is 0.141 e. The van der Waals surface area contributed by atoms with E-state index < -0.39 is 0 Å². The number of fused-ring (bicyclic) bond motifs is 1. The average Bonchev–Trinajstić information content (AvgIpc) is 3.35. The van der Waals surface area contributed by atoms with Gasteiger partial charge in [0.2, 0.25) is 0 Å². The van der Waals surface area contributed by atoms with Crippen LogP contribution in [0.3, 0.4) is 0 Å². The van der Waals surface area contributed by atoms with E-state index in [1.165, 1.54) is 6.33 Å². The van der Waals surface area contributed by atoms with Crippen LogP contribution >= 0.6 is 0 Å². The zero-order valence-electron chi connectivity index (χ0n) is 13.8. The van der Waals surface area contributed by atoms with Gasteiger partial charge in [-0.3, -0.25) is 4.68 Å². The first-order chi connectivity index (χ1) is 12.8. The molecule has 0 aliphatic carbocycles. The number of hydrogen-bond donors (Lipinski definition) is 1. The van der Waals surface area contributed by atoms with Gasteiger partial charge in [-0.2, -0.15) is 10.4 Å². The van der Waals surface area contributed by atoms with Gasteiger partial charge in [-0.25, -0.2) is 9.97 Å². The number of nitriles is 1. The molecule has 124 valence electrons. The van der Waals surface area contributed by atoms with Crippen LogP contribution in [0, 0.1) is 23.7 Å². The van der Waals surface area contributed by atoms with Crippen LogP contribution in [0.1, 0.15) is 23.6 Å². The Kier molecular flexibility index (Phi) is 3.93. The summed E-state index contributed by atoms with van der Waals surface area (Å²) >= 11 is 0. The van der Waals surface area contributed by atoms with Crippen LogP contribution in [0.15, 0.2) is 55.2 Å². The van der Waals surface area contributed by atoms with Crippen molar-refractivity contribution in [3.05, 3.63) is 66.4 Å². The van der Waals surface area contributed by atoms with Crippen molar-refractivity contribution in [2.24, 2.45) is 0 Å². The molecule has 6 heteroatoms. The summed E-state index contributed by atoms with van der Waals surface area (Å²) in [6.07, 6.45) is 13.1. The van der Waals surface area contributed by atoms with Gasteiger partial charge in [-0.15, -0.1) is 12.3 Å². The van der Waals surface area contributed by atoms with Gasteiger partial charge < -0.3 is 4.98 Å². The molecule has 0 radical (unpaired) electrons. The van der Waals surface area contributed by atoms with Crippen LogP contribution in [-0.2, 0) is 0 Å². The van der Waals surface area contributed by atoms with Gasteiger partial charge in [0, 0.05) is 29.8 Å². The predicted molar refractivity (Wildman–Crippen MR) is 97.9 cm³/mol. The fourth-order valence-corrected chi connectivity index (χ4v) is 3.02. The molecule has 0 saturated heterocycles. The standard InChI is InChI=1S/C20H14N6/c1-2-4-18(15-6-3-5-14(9-15)10-21)26-12-16(11-25-26)19-17-7-8-22-20(17)24-13-23-19/h1,3,5-9,11-13,18H,4H2,(H,22,23,24). The Hall–Kier alpha value is -3.90. The van der Waals surface area contributed by atoms with Gasteiger partial charge in [-0.1, -0.05) is 12.1 Å². The van der Waals surface area contributed by atoms with E-state index in [0.29, 0.717) is 12.0 Å². The molecule has 6 nitrogen and oxygen atoms in total. The van der Waals surface area contributed by atoms with Crippen molar-refractivity contribution in [3.63, 3.8) is 0 Å². The smallest absolute Gasteiger partial charge is 0.141 e. The number of H-pyrrole nitrogens is 1. The van der Waals surface area contributed by atoms with Crippen molar-refractivity contribution in [1.29, 1.82) is 5.26 Å². The molecular formula is C20H14N6. The molecule has 0 aliphatic rings. The quantitative estimate of drug-likeness (QED) is 0.579. The lowest BCUT2D eigenvalue weighted by molar-refractivity contribution is 0.534. The zero-order chi connectivity index (χ0) is 17.9. The molecular weight excluding hydrogens is 324 g/mol. The van der Waals surface area contributed by atoms with Gasteiger partial charge in [0.05, 0.1) is 29.6 Å². The number of benzene rings is 1. The summed E-state index contributed by atoms with van der Waals surface area (Å²) < 4.78 is 1.83. The zero-order valence-corrected chi connectivity index (χ0v) is 13.8. The highest BCUT2D eigenvalue weighted by Gasteiger charge is 2.16. The summed E-state index contributed by atoms with van der Waals surface area (Å²) in [6.45, 7) is 0. The SMILES string of the molecule is C#CCC(c1cccc(C#N)c1)n1cc(-c2ncnc3[nH]ccc23)cn1. The molecule has 1 unspecified atom stereocenters. The maximum atomic E-state index is 9.15. The summed E-state index contributed by atoms with van der Waals surface area (Å²) in [5.41, 5.74) is 4.03. The summed E-state index contributed by atoms with van der Waals surface area (Å²) in [6, 6.07) is 11.4. The largest absolute Gasteiger partial charge is 0.346 e. The topological polar surface area (TPSA) is 83.2 Å². The Morgan fingerprint density at radius 2 is 2.19 bits per heavy atom. The number of hydrogen-bond acceptors (Lipinski definition) is 4. The summed E-state index contributed by atoms with van der Waals surface area (Å²) in [5.74, 6) is 2.70. The van der Waals surface area contributed by atoms with E-state index >= 15 is 0 Å². The van der Waals surface area contributed by atoms with Gasteiger partial charge in [0.15, 0.2) is 0 Å². The molecule has 0 aliphatic heterocycles. The van der Waals surface area contributed by atoms with Gasteiger partial charge in [-0.05, 0) is 23.8 Å². The minimum atomic E-state index is -0.148. The van der Waals surface area contributed by atoms with Crippen molar-refractivity contribution in [1.82, 2.24) is 24.7 Å². The van der Waals surface area contributed by atoms with Crippen LogP contribution in [-0.4, -0.2) is 24.7 Å². The summed E-state index contributed by atoms with van der Waals surface area (Å²) in [7, 11) is 0. The number of nitrogens with one attached hydrogen (secondary N) is 1. The third kappa shape index (κ3) is 2.70. The van der Waals surface area contributed by atoms with Crippen LogP contribution in [0.5, 0.6) is 0 Å². The van der Waals surface area contributed by atoms with Crippen molar-refractivity contribution in [2.75, 3.05) is 0 Å². The van der Waals surface area contributed by atoms with Gasteiger partial charge >= 0.3 is 0 Å². The molecule has 1 aromatic carbocycles. The Morgan fingerprint density at radius 3 is 3.04 bits per heavy atom. The van der Waals surface area contributed by atoms with Crippen LogP contribution in [0.25, 0.3) is 22.3 Å². The van der Waals surface area contributed by atoms with Crippen molar-refractivity contribution in [3.8, 4) is 29.7 Å². The highest BCUT2D eigenvalue weighted by atomic mass is 15.3. The first kappa shape index (κ1) is 15.6. The van der Waals surface area contributed by atoms with Crippen molar-refractivity contribution >= 4 is 11.0 Å². The maximum absolute atomic E-state index is 9.15. The minimum Gasteiger partial charge on any atom is -0.346 e. The number of nitrogens with zero attached hydrogens (tertiary/aromatic N) is 5. The first-order valence-corrected chi connectivity index (χ1v) is 8.06. The highest BCUT2D eigenvalue weighted by Crippen LogP contribution is 2.28. The van der Waals surface area contributed by atoms with E-state index in [-0.39, 0.29) is 6.04 Å². The third-order valence-electron chi connectivity index (χ3n) is 4.26. The highest BCUT2D eigenvalue weighted by molar-refractivity contribution is 5.89. The number of terminal acetylenes is 1. The molecule has 0 spiro atoms. The molecule has 26 heavy (non-hydrogen) atoms. The predicted octanol–water partition coefficient (Wildman–Crippen LogP) is 3.31. The Balaban J connectivity index is 1.76. The lowest BCUT2D eigenvalue weighted by Gasteiger charge is -2.15. The average molecular weight is 338 g/mol. The molecule has 1 atom stereocenters. The van der Waals surface area contributed by atoms with E-state index in [0.717, 1.165) is 27.9 Å². The van der Waals surface area contributed by atoms with Crippen LogP contribution < -0.4 is 0 Å². The molecule has 1 N–H and O–H groups in total. The molecule has 0 fully saturated rings. The molecule has 4 aromatic rings. The molecule has 0 saturated carbocycles. The molecule has 3 heterocycles. The monoisotopic (exact) mass is 338 g/mol. The lowest BCUT2D eigenvalue weighted by Crippen LogP contribution is -2.10. The Labute approximate surface area is 150 Å². The van der Waals surface area contributed by atoms with Crippen molar-refractivity contribution in [2.45, 2.75) is 12.5 Å². The Morgan fingerprint density at radius 1 is 1.27 bits per heavy atom. The summed E-state index contributed by atoms with van der Waals surface area (Å²) in [4.78, 5) is 11.7. The molecule has 3 aromatic heterocycles. The van der Waals surface area contributed by atoms with E-state index in [1.54, 1.807) is 12.3 Å². The second-order valence-electron chi connectivity index (χ2n) is 5.83. The Bertz CT molecular complexity index is 1150. The van der Waals surface area contributed by atoms with Crippen LogP contribution in [0.2, 0.25) is 0 Å². The molecule has 0 amide bonds. The first-order valence-electron chi connectivity index (χ1n) is 8.06. The second kappa shape index (κ2) is 6.54. The van der Waals surface area contributed by atoms with E-state index in [9.17, 15) is 0 Å². The summed E-state index contributed by atoms with van der Waals surface area (Å²) in [5, 5.41) is 14.6. The normalized spacial score (nSPS) is 11.8. The van der Waals surface area contributed by atoms with Gasteiger partial charge in [0.1, 0.15) is 12.0 Å². The van der Waals surface area contributed by atoms with Crippen molar-refractivity contribution < 1.29 is 0 Å². The molecule has 4 rings (SSSR count). The fraction of sp³-hybridized carbons (Fsp3) is 0.100. The van der Waals surface area contributed by atoms with E-state index in [2.05, 4.69) is 32.0 Å².